The number of phenols is 1. The number of carbonyl (C=O) groups excluding carboxylic acids is 2. The van der Waals surface area contributed by atoms with Crippen molar-refractivity contribution in [3.05, 3.63) is 93.7 Å². The van der Waals surface area contributed by atoms with Gasteiger partial charge in [-0.05, 0) is 91.9 Å². The van der Waals surface area contributed by atoms with Crippen LogP contribution in [0.5, 0.6) is 28.7 Å². The normalized spacial score (nSPS) is 29.2. The summed E-state index contributed by atoms with van der Waals surface area (Å²) in [6, 6.07) is 15.3. The van der Waals surface area contributed by atoms with Gasteiger partial charge in [0.2, 0.25) is 12.5 Å². The number of hydrogen-bond donors (Lipinski definition) is 4. The maximum absolute atomic E-state index is 13.5. The van der Waals surface area contributed by atoms with Crippen LogP contribution in [0.15, 0.2) is 54.6 Å². The SMILES string of the molecule is COc1cc(C2c3cc4c(cc3C(OC3OC5COC(C)OC5C(O)C3O)C3COC(=O)C23)OCO4)cc(OC)c1O.Cc1cccc(N(C)C(=O)C2C(O)CCN2c2nc(C)cc(C(F)(F)F)c2C#N)c1. The number of likely N-dealkylation sites (N-methyl/N-ethyl adjacent to an activating group) is 1. The third-order valence-corrected chi connectivity index (χ3v) is 13.9. The van der Waals surface area contributed by atoms with Gasteiger partial charge >= 0.3 is 12.1 Å². The lowest BCUT2D eigenvalue weighted by Crippen LogP contribution is -2.63. The predicted molar refractivity (Wildman–Crippen MR) is 243 cm³/mol. The summed E-state index contributed by atoms with van der Waals surface area (Å²) >= 11 is 0. The average molecular weight is 1010 g/mol. The van der Waals surface area contributed by atoms with E-state index in [1.54, 1.807) is 55.5 Å². The fourth-order valence-corrected chi connectivity index (χ4v) is 10.4. The second kappa shape index (κ2) is 19.9. The number of aromatic hydroxyl groups is 1. The van der Waals surface area contributed by atoms with Crippen molar-refractivity contribution in [3.8, 4) is 34.8 Å². The average Bonchev–Trinajstić information content (AvgIpc) is 4.10. The van der Waals surface area contributed by atoms with Gasteiger partial charge in [0.05, 0.1) is 51.1 Å². The van der Waals surface area contributed by atoms with Gasteiger partial charge in [0, 0.05) is 36.8 Å². The van der Waals surface area contributed by atoms with Gasteiger partial charge in [0.1, 0.15) is 47.9 Å². The largest absolute Gasteiger partial charge is 0.502 e. The Kier molecular flexibility index (Phi) is 13.9. The summed E-state index contributed by atoms with van der Waals surface area (Å²) in [6.07, 6.45) is -12.5. The lowest BCUT2D eigenvalue weighted by molar-refractivity contribution is -0.364. The number of aliphatic hydroxyl groups excluding tert-OH is 3. The van der Waals surface area contributed by atoms with Crippen molar-refractivity contribution in [2.45, 2.75) is 94.5 Å². The lowest BCUT2D eigenvalue weighted by atomic mass is 9.66. The maximum Gasteiger partial charge on any atom is 0.417 e. The molecule has 12 atom stereocenters. The van der Waals surface area contributed by atoms with Gasteiger partial charge in [-0.1, -0.05) is 12.1 Å². The van der Waals surface area contributed by atoms with Gasteiger partial charge in [0.15, 0.2) is 35.6 Å². The molecule has 3 aromatic carbocycles. The fourth-order valence-electron chi connectivity index (χ4n) is 10.4. The molecule has 4 fully saturated rings. The number of hydrogen-bond acceptors (Lipinski definition) is 18. The van der Waals surface area contributed by atoms with E-state index in [2.05, 4.69) is 4.98 Å². The molecule has 1 aromatic heterocycles. The Morgan fingerprint density at radius 3 is 2.29 bits per heavy atom. The molecule has 5 aliphatic heterocycles. The highest BCUT2D eigenvalue weighted by Crippen LogP contribution is 2.57. The van der Waals surface area contributed by atoms with Crippen molar-refractivity contribution < 1.29 is 85.8 Å². The summed E-state index contributed by atoms with van der Waals surface area (Å²) in [5.41, 5.74) is 1.84. The molecule has 1 aliphatic carbocycles. The highest BCUT2D eigenvalue weighted by atomic mass is 19.4. The number of aryl methyl sites for hydroxylation is 2. The first-order valence-corrected chi connectivity index (χ1v) is 23.1. The quantitative estimate of drug-likeness (QED) is 0.177. The van der Waals surface area contributed by atoms with E-state index in [1.165, 1.54) is 38.0 Å². The number of alkyl halides is 3. The minimum atomic E-state index is -4.75. The second-order valence-corrected chi connectivity index (χ2v) is 18.3. The number of amides is 1. The Hall–Kier alpha value is -6.45. The van der Waals surface area contributed by atoms with Crippen molar-refractivity contribution in [2.75, 3.05) is 57.6 Å². The number of anilines is 2. The van der Waals surface area contributed by atoms with E-state index >= 15 is 0 Å². The summed E-state index contributed by atoms with van der Waals surface area (Å²) < 4.78 is 92.0. The van der Waals surface area contributed by atoms with Crippen molar-refractivity contribution >= 4 is 23.4 Å². The zero-order chi connectivity index (χ0) is 51.5. The number of aromatic nitrogens is 1. The van der Waals surface area contributed by atoms with E-state index in [0.29, 0.717) is 33.9 Å². The number of aliphatic hydroxyl groups is 3. The van der Waals surface area contributed by atoms with Crippen LogP contribution in [0.1, 0.15) is 64.4 Å². The smallest absolute Gasteiger partial charge is 0.417 e. The molecule has 19 nitrogen and oxygen atoms in total. The van der Waals surface area contributed by atoms with Crippen LogP contribution in [-0.2, 0) is 39.4 Å². The number of fused-ring (bicyclic) bond motifs is 4. The molecule has 22 heteroatoms. The summed E-state index contributed by atoms with van der Waals surface area (Å²) in [4.78, 5) is 33.4. The van der Waals surface area contributed by atoms with Gasteiger partial charge in [-0.3, -0.25) is 9.59 Å². The molecule has 0 bridgehead atoms. The summed E-state index contributed by atoms with van der Waals surface area (Å²) in [5, 5.41) is 52.4. The van der Waals surface area contributed by atoms with E-state index in [4.69, 9.17) is 42.6 Å². The molecule has 12 unspecified atom stereocenters. The number of cyclic esters (lactones) is 1. The Morgan fingerprint density at radius 1 is 0.944 bits per heavy atom. The number of nitriles is 1. The van der Waals surface area contributed by atoms with Crippen LogP contribution in [0.2, 0.25) is 0 Å². The number of phenolic OH excluding ortho intramolecular Hbond substituents is 1. The van der Waals surface area contributed by atoms with E-state index in [9.17, 15) is 48.4 Å². The van der Waals surface area contributed by atoms with Gasteiger partial charge in [0.25, 0.3) is 5.91 Å². The minimum Gasteiger partial charge on any atom is -0.502 e. The third kappa shape index (κ3) is 9.18. The number of halogens is 3. The lowest BCUT2D eigenvalue weighted by Gasteiger charge is -2.47. The van der Waals surface area contributed by atoms with Crippen molar-refractivity contribution in [1.82, 2.24) is 4.98 Å². The Labute approximate surface area is 411 Å². The summed E-state index contributed by atoms with van der Waals surface area (Å²) in [5.74, 6) is -1.76. The zero-order valence-corrected chi connectivity index (χ0v) is 39.9. The Balaban J connectivity index is 0.000000189. The zero-order valence-electron chi connectivity index (χ0n) is 39.9. The minimum absolute atomic E-state index is 0.0301. The summed E-state index contributed by atoms with van der Waals surface area (Å²) in [6.45, 7) is 5.29. The monoisotopic (exact) mass is 1010 g/mol. The first-order chi connectivity index (χ1) is 34.3. The molecule has 0 saturated carbocycles. The van der Waals surface area contributed by atoms with Crippen LogP contribution in [0.4, 0.5) is 24.7 Å². The third-order valence-electron chi connectivity index (χ3n) is 13.9. The van der Waals surface area contributed by atoms with Crippen LogP contribution in [0.3, 0.4) is 0 Å². The number of rotatable bonds is 8. The molecule has 72 heavy (non-hydrogen) atoms. The molecule has 6 heterocycles. The van der Waals surface area contributed by atoms with Crippen LogP contribution < -0.4 is 28.7 Å². The van der Waals surface area contributed by atoms with Crippen LogP contribution in [0.25, 0.3) is 0 Å². The first kappa shape index (κ1) is 50.5. The first-order valence-electron chi connectivity index (χ1n) is 23.1. The molecule has 4 saturated heterocycles. The van der Waals surface area contributed by atoms with Gasteiger partial charge in [-0.15, -0.1) is 0 Å². The molecule has 4 aromatic rings. The van der Waals surface area contributed by atoms with E-state index in [1.807, 2.05) is 13.0 Å². The Morgan fingerprint density at radius 2 is 1.64 bits per heavy atom. The number of ether oxygens (including phenoxy) is 9. The van der Waals surface area contributed by atoms with Gasteiger partial charge < -0.3 is 72.9 Å². The number of methoxy groups -OCH3 is 2. The highest BCUT2D eigenvalue weighted by molar-refractivity contribution is 5.99. The standard InChI is InChI=1S/C29H32O13.C21H21F3N4O2/c1-11-36-9-20-27(40-11)24(31)25(32)29(41-20)42-26-14-7-17-16(38-10-39-17)6-13(14)21(22-15(26)8-37-28(22)33)12-4-18(34-2)23(30)19(5-12)35-3;1-12-5-4-6-14(9-12)27(3)20(30)18-17(29)7-8-28(18)19-15(11-25)16(21(22,23)24)10-13(2)26-19/h4-7,11,15,20-22,24-27,29-32H,8-10H2,1-3H3;4-6,9-10,17-18,29H,7-8H2,1-3H3. The Bertz CT molecular complexity index is 2750. The van der Waals surface area contributed by atoms with Crippen molar-refractivity contribution in [2.24, 2.45) is 11.8 Å². The molecule has 384 valence electrons. The number of carbonyl (C=O) groups is 2. The predicted octanol–water partition coefficient (Wildman–Crippen LogP) is 4.53. The number of pyridine rings is 1. The van der Waals surface area contributed by atoms with Crippen LogP contribution in [0, 0.1) is 37.0 Å². The summed E-state index contributed by atoms with van der Waals surface area (Å²) in [7, 11) is 4.40. The molecule has 4 N–H and O–H groups in total. The topological polar surface area (TPSA) is 241 Å². The van der Waals surface area contributed by atoms with E-state index in [-0.39, 0.29) is 61.7 Å². The molecule has 6 aliphatic rings. The highest BCUT2D eigenvalue weighted by Gasteiger charge is 2.56. The molecule has 10 rings (SSSR count). The fraction of sp³-hybridized carbons (Fsp3) is 0.480. The van der Waals surface area contributed by atoms with E-state index in [0.717, 1.165) is 11.6 Å². The molecular weight excluding hydrogens is 954 g/mol. The molecule has 0 radical (unpaired) electrons. The van der Waals surface area contributed by atoms with Crippen molar-refractivity contribution in [1.29, 1.82) is 5.26 Å². The molecule has 0 spiro atoms. The molecular formula is C50H53F3N4O15. The van der Waals surface area contributed by atoms with Gasteiger partial charge in [-0.2, -0.15) is 18.4 Å². The van der Waals surface area contributed by atoms with E-state index < -0.39 is 102 Å². The van der Waals surface area contributed by atoms with Crippen molar-refractivity contribution in [3.63, 3.8) is 0 Å². The van der Waals surface area contributed by atoms with Crippen LogP contribution in [-0.4, -0.2) is 134 Å². The number of nitrogens with zero attached hydrogens (tertiary/aromatic N) is 4. The van der Waals surface area contributed by atoms with Gasteiger partial charge in [-0.25, -0.2) is 4.98 Å². The van der Waals surface area contributed by atoms with Crippen LogP contribution >= 0.6 is 0 Å². The molecule has 1 amide bonds. The maximum atomic E-state index is 13.5. The number of benzene rings is 3. The second-order valence-electron chi connectivity index (χ2n) is 18.3. The number of esters is 1.